The molecule has 0 nitrogen and oxygen atoms in total. The maximum atomic E-state index is 6.08. The number of hydrogen-bond donors (Lipinski definition) is 0. The zero-order valence-corrected chi connectivity index (χ0v) is 11.7. The van der Waals surface area contributed by atoms with E-state index in [1.165, 1.54) is 5.56 Å². The van der Waals surface area contributed by atoms with E-state index in [4.69, 9.17) is 34.8 Å². The highest BCUT2D eigenvalue weighted by atomic mass is 35.5. The van der Waals surface area contributed by atoms with Crippen LogP contribution in [0.15, 0.2) is 24.3 Å². The van der Waals surface area contributed by atoms with E-state index in [9.17, 15) is 0 Å². The molecule has 0 atom stereocenters. The molecular weight excluding hydrogens is 263 g/mol. The fourth-order valence-electron chi connectivity index (χ4n) is 1.96. The molecule has 1 aromatic carbocycles. The van der Waals surface area contributed by atoms with Gasteiger partial charge in [-0.05, 0) is 30.5 Å². The molecule has 0 spiro atoms. The van der Waals surface area contributed by atoms with Crippen molar-refractivity contribution in [2.45, 2.75) is 26.2 Å². The van der Waals surface area contributed by atoms with Gasteiger partial charge < -0.3 is 0 Å². The molecule has 1 aromatic rings. The van der Waals surface area contributed by atoms with E-state index in [0.29, 0.717) is 11.8 Å². The molecule has 0 amide bonds. The summed E-state index contributed by atoms with van der Waals surface area (Å²) in [5.74, 6) is 1.19. The maximum absolute atomic E-state index is 6.08. The molecule has 1 rings (SSSR count). The number of alkyl halides is 2. The van der Waals surface area contributed by atoms with Gasteiger partial charge in [-0.3, -0.25) is 0 Å². The van der Waals surface area contributed by atoms with Gasteiger partial charge in [0.1, 0.15) is 0 Å². The Labute approximate surface area is 113 Å². The Balaban J connectivity index is 2.82. The fourth-order valence-corrected chi connectivity index (χ4v) is 2.92. The van der Waals surface area contributed by atoms with Gasteiger partial charge in [-0.25, -0.2) is 0 Å². The number of rotatable bonds is 6. The summed E-state index contributed by atoms with van der Waals surface area (Å²) in [4.78, 5) is 0. The molecule has 0 aliphatic carbocycles. The number of halogens is 3. The van der Waals surface area contributed by atoms with Crippen LogP contribution in [-0.2, 0) is 6.42 Å². The molecule has 0 saturated carbocycles. The lowest BCUT2D eigenvalue weighted by Crippen LogP contribution is -2.27. The lowest BCUT2D eigenvalue weighted by molar-refractivity contribution is 0.341. The second-order valence-electron chi connectivity index (χ2n) is 4.32. The van der Waals surface area contributed by atoms with Crippen molar-refractivity contribution in [1.82, 2.24) is 0 Å². The van der Waals surface area contributed by atoms with Crippen molar-refractivity contribution in [3.63, 3.8) is 0 Å². The van der Waals surface area contributed by atoms with E-state index in [-0.39, 0.29) is 5.41 Å². The average Bonchev–Trinajstić information content (AvgIpc) is 2.28. The van der Waals surface area contributed by atoms with Crippen LogP contribution in [0.25, 0.3) is 0 Å². The molecule has 0 saturated heterocycles. The van der Waals surface area contributed by atoms with Crippen LogP contribution in [0.5, 0.6) is 0 Å². The van der Waals surface area contributed by atoms with E-state index in [1.54, 1.807) is 0 Å². The van der Waals surface area contributed by atoms with Crippen molar-refractivity contribution in [3.05, 3.63) is 34.9 Å². The summed E-state index contributed by atoms with van der Waals surface area (Å²) in [5.41, 5.74) is 1.21. The van der Waals surface area contributed by atoms with E-state index in [1.807, 2.05) is 18.2 Å². The fraction of sp³-hybridized carbons (Fsp3) is 0.538. The zero-order chi connectivity index (χ0) is 12.0. The monoisotopic (exact) mass is 278 g/mol. The Morgan fingerprint density at radius 1 is 1.19 bits per heavy atom. The highest BCUT2D eigenvalue weighted by Crippen LogP contribution is 2.32. The van der Waals surface area contributed by atoms with Gasteiger partial charge >= 0.3 is 0 Å². The Kier molecular flexibility index (Phi) is 5.96. The molecule has 0 unspecified atom stereocenters. The molecule has 0 heterocycles. The topological polar surface area (TPSA) is 0 Å². The molecular formula is C13H17Cl3. The minimum absolute atomic E-state index is 0.00252. The number of hydrogen-bond acceptors (Lipinski definition) is 0. The van der Waals surface area contributed by atoms with Crippen LogP contribution in [0.4, 0.5) is 0 Å². The smallest absolute Gasteiger partial charge is 0.0408 e. The molecule has 0 aliphatic rings. The van der Waals surface area contributed by atoms with Crippen LogP contribution in [0.3, 0.4) is 0 Å². The molecule has 0 N–H and O–H groups in total. The van der Waals surface area contributed by atoms with Crippen LogP contribution in [0, 0.1) is 5.41 Å². The molecule has 0 fully saturated rings. The van der Waals surface area contributed by atoms with Crippen LogP contribution < -0.4 is 0 Å². The van der Waals surface area contributed by atoms with Crippen molar-refractivity contribution in [2.24, 2.45) is 5.41 Å². The van der Waals surface area contributed by atoms with Crippen molar-refractivity contribution < 1.29 is 0 Å². The predicted molar refractivity (Wildman–Crippen MR) is 73.9 cm³/mol. The summed E-state index contributed by atoms with van der Waals surface area (Å²) >= 11 is 18.1. The summed E-state index contributed by atoms with van der Waals surface area (Å²) in [5, 5.41) is 0.770. The SMILES string of the molecule is CCCC(CCl)(CCl)Cc1cccc(Cl)c1. The van der Waals surface area contributed by atoms with E-state index < -0.39 is 0 Å². The quantitative estimate of drug-likeness (QED) is 0.632. The average molecular weight is 280 g/mol. The molecule has 0 aliphatic heterocycles. The molecule has 90 valence electrons. The van der Waals surface area contributed by atoms with E-state index in [2.05, 4.69) is 13.0 Å². The minimum atomic E-state index is 0.00252. The molecule has 0 aromatic heterocycles. The van der Waals surface area contributed by atoms with Crippen molar-refractivity contribution in [2.75, 3.05) is 11.8 Å². The van der Waals surface area contributed by atoms with Crippen molar-refractivity contribution in [1.29, 1.82) is 0 Å². The molecule has 0 radical (unpaired) electrons. The standard InChI is InChI=1S/C13H17Cl3/c1-2-6-13(9-14,10-15)8-11-4-3-5-12(16)7-11/h3-5,7H,2,6,8-10H2,1H3. The van der Waals surface area contributed by atoms with Gasteiger partial charge in [0.25, 0.3) is 0 Å². The Hall–Kier alpha value is 0.0900. The minimum Gasteiger partial charge on any atom is -0.126 e. The van der Waals surface area contributed by atoms with Crippen LogP contribution in [0.1, 0.15) is 25.3 Å². The van der Waals surface area contributed by atoms with Crippen LogP contribution in [0.2, 0.25) is 5.02 Å². The Morgan fingerprint density at radius 3 is 2.38 bits per heavy atom. The normalized spacial score (nSPS) is 11.8. The lowest BCUT2D eigenvalue weighted by Gasteiger charge is -2.29. The second-order valence-corrected chi connectivity index (χ2v) is 5.29. The molecule has 0 bridgehead atoms. The first-order valence-electron chi connectivity index (χ1n) is 5.52. The van der Waals surface area contributed by atoms with Gasteiger partial charge in [-0.2, -0.15) is 0 Å². The van der Waals surface area contributed by atoms with Gasteiger partial charge in [0.05, 0.1) is 0 Å². The molecule has 16 heavy (non-hydrogen) atoms. The Bertz CT molecular complexity index is 319. The highest BCUT2D eigenvalue weighted by Gasteiger charge is 2.27. The summed E-state index contributed by atoms with van der Waals surface area (Å²) < 4.78 is 0. The summed E-state index contributed by atoms with van der Waals surface area (Å²) in [7, 11) is 0. The van der Waals surface area contributed by atoms with Gasteiger partial charge in [-0.15, -0.1) is 23.2 Å². The first-order valence-corrected chi connectivity index (χ1v) is 6.97. The summed E-state index contributed by atoms with van der Waals surface area (Å²) in [6.45, 7) is 2.16. The van der Waals surface area contributed by atoms with Crippen LogP contribution >= 0.6 is 34.8 Å². The van der Waals surface area contributed by atoms with Gasteiger partial charge in [0, 0.05) is 22.2 Å². The van der Waals surface area contributed by atoms with Gasteiger partial charge in [-0.1, -0.05) is 37.1 Å². The molecule has 3 heteroatoms. The highest BCUT2D eigenvalue weighted by molar-refractivity contribution is 6.30. The van der Waals surface area contributed by atoms with Crippen LogP contribution in [-0.4, -0.2) is 11.8 Å². The van der Waals surface area contributed by atoms with Crippen molar-refractivity contribution in [3.8, 4) is 0 Å². The number of benzene rings is 1. The maximum Gasteiger partial charge on any atom is 0.0408 e. The lowest BCUT2D eigenvalue weighted by atomic mass is 9.81. The van der Waals surface area contributed by atoms with E-state index >= 15 is 0 Å². The van der Waals surface area contributed by atoms with Gasteiger partial charge in [0.2, 0.25) is 0 Å². The summed E-state index contributed by atoms with van der Waals surface area (Å²) in [6, 6.07) is 7.92. The van der Waals surface area contributed by atoms with Crippen molar-refractivity contribution >= 4 is 34.8 Å². The first-order chi connectivity index (χ1) is 7.65. The predicted octanol–water partition coefficient (Wildman–Crippen LogP) is 5.15. The zero-order valence-electron chi connectivity index (χ0n) is 9.48. The van der Waals surface area contributed by atoms with E-state index in [0.717, 1.165) is 24.3 Å². The van der Waals surface area contributed by atoms with Gasteiger partial charge in [0.15, 0.2) is 0 Å². The second kappa shape index (κ2) is 6.74. The third kappa shape index (κ3) is 3.84. The largest absolute Gasteiger partial charge is 0.126 e. The Morgan fingerprint density at radius 2 is 1.88 bits per heavy atom. The first kappa shape index (κ1) is 14.2. The third-order valence-corrected chi connectivity index (χ3v) is 4.18. The summed E-state index contributed by atoms with van der Waals surface area (Å²) in [6.07, 6.45) is 3.04. The third-order valence-electron chi connectivity index (χ3n) is 2.82.